The zero-order valence-electron chi connectivity index (χ0n) is 11.6. The van der Waals surface area contributed by atoms with Gasteiger partial charge >= 0.3 is 5.69 Å². The molecule has 1 aliphatic rings. The lowest BCUT2D eigenvalue weighted by molar-refractivity contribution is 0.659. The van der Waals surface area contributed by atoms with Gasteiger partial charge in [-0.05, 0) is 31.5 Å². The third-order valence-corrected chi connectivity index (χ3v) is 4.09. The fourth-order valence-electron chi connectivity index (χ4n) is 2.21. The Hall–Kier alpha value is -2.10. The summed E-state index contributed by atoms with van der Waals surface area (Å²) in [4.78, 5) is 26.3. The predicted octanol–water partition coefficient (Wildman–Crippen LogP) is 0.110. The average Bonchev–Trinajstić information content (AvgIpc) is 3.08. The summed E-state index contributed by atoms with van der Waals surface area (Å²) in [6.07, 6.45) is 2.26. The minimum Gasteiger partial charge on any atom is -0.368 e. The Morgan fingerprint density at radius 2 is 2.05 bits per heavy atom. The summed E-state index contributed by atoms with van der Waals surface area (Å²) in [7, 11) is 0. The van der Waals surface area contributed by atoms with Gasteiger partial charge in [-0.3, -0.25) is 4.57 Å². The maximum absolute atomic E-state index is 11.5. The molecule has 0 unspecified atom stereocenters. The fourth-order valence-corrected chi connectivity index (χ4v) is 3.05. The second-order valence-electron chi connectivity index (χ2n) is 4.63. The number of nitrogens with zero attached hydrogens (tertiary/aromatic N) is 6. The van der Waals surface area contributed by atoms with Crippen LogP contribution in [0.2, 0.25) is 0 Å². The minimum absolute atomic E-state index is 0.176. The second kappa shape index (κ2) is 5.72. The molecule has 10 heteroatoms. The molecule has 3 N–H and O–H groups in total. The summed E-state index contributed by atoms with van der Waals surface area (Å²) in [6, 6.07) is 0. The first-order valence-electron chi connectivity index (χ1n) is 6.77. The van der Waals surface area contributed by atoms with Gasteiger partial charge in [0.05, 0.1) is 0 Å². The number of hydrogen-bond acceptors (Lipinski definition) is 8. The molecule has 2 aromatic heterocycles. The molecule has 0 aromatic carbocycles. The van der Waals surface area contributed by atoms with Crippen molar-refractivity contribution in [3.63, 3.8) is 0 Å². The van der Waals surface area contributed by atoms with E-state index < -0.39 is 0 Å². The van der Waals surface area contributed by atoms with E-state index in [1.807, 2.05) is 6.92 Å². The van der Waals surface area contributed by atoms with Gasteiger partial charge in [0, 0.05) is 19.6 Å². The van der Waals surface area contributed by atoms with Gasteiger partial charge in [-0.2, -0.15) is 15.0 Å². The predicted molar refractivity (Wildman–Crippen MR) is 78.3 cm³/mol. The molecule has 0 aliphatic carbocycles. The molecule has 0 saturated carbocycles. The van der Waals surface area contributed by atoms with Gasteiger partial charge in [0.1, 0.15) is 0 Å². The molecular weight excluding hydrogens is 292 g/mol. The standard InChI is InChI=1S/C11H16N8OS/c1-2-19-10(20)16-17-11(19)21-9-14-7(12)13-8(15-9)18-5-3-4-6-18/h2-6H2,1H3,(H,16,20)(H2,12,13,14,15). The Kier molecular flexibility index (Phi) is 3.78. The Bertz CT molecular complexity index is 690. The van der Waals surface area contributed by atoms with E-state index in [0.717, 1.165) is 25.9 Å². The first kappa shape index (κ1) is 13.9. The normalized spacial score (nSPS) is 14.8. The van der Waals surface area contributed by atoms with E-state index in [1.54, 1.807) is 0 Å². The first-order chi connectivity index (χ1) is 10.2. The number of hydrogen-bond donors (Lipinski definition) is 2. The molecule has 3 rings (SSSR count). The molecule has 112 valence electrons. The first-order valence-corrected chi connectivity index (χ1v) is 7.58. The van der Waals surface area contributed by atoms with Crippen LogP contribution in [0.15, 0.2) is 15.1 Å². The summed E-state index contributed by atoms with van der Waals surface area (Å²) in [5.74, 6) is 0.763. The minimum atomic E-state index is -0.248. The van der Waals surface area contributed by atoms with Crippen molar-refractivity contribution in [3.05, 3.63) is 10.5 Å². The van der Waals surface area contributed by atoms with E-state index in [0.29, 0.717) is 22.8 Å². The Morgan fingerprint density at radius 1 is 1.29 bits per heavy atom. The van der Waals surface area contributed by atoms with Crippen LogP contribution in [0, 0.1) is 0 Å². The van der Waals surface area contributed by atoms with Gasteiger partial charge in [0.2, 0.25) is 17.1 Å². The molecule has 21 heavy (non-hydrogen) atoms. The summed E-state index contributed by atoms with van der Waals surface area (Å²) in [5.41, 5.74) is 5.51. The third kappa shape index (κ3) is 2.84. The molecule has 1 aliphatic heterocycles. The lowest BCUT2D eigenvalue weighted by Gasteiger charge is -2.15. The highest BCUT2D eigenvalue weighted by Gasteiger charge is 2.18. The Labute approximate surface area is 125 Å². The zero-order valence-corrected chi connectivity index (χ0v) is 12.4. The lowest BCUT2D eigenvalue weighted by Crippen LogP contribution is -2.21. The summed E-state index contributed by atoms with van der Waals surface area (Å²) in [5, 5.41) is 7.35. The van der Waals surface area contributed by atoms with Crippen molar-refractivity contribution in [2.45, 2.75) is 36.6 Å². The average molecular weight is 308 g/mol. The Morgan fingerprint density at radius 3 is 2.76 bits per heavy atom. The van der Waals surface area contributed by atoms with Crippen molar-refractivity contribution in [2.75, 3.05) is 23.7 Å². The van der Waals surface area contributed by atoms with Crippen molar-refractivity contribution in [3.8, 4) is 0 Å². The number of rotatable bonds is 4. The van der Waals surface area contributed by atoms with Crippen LogP contribution in [-0.2, 0) is 6.54 Å². The zero-order chi connectivity index (χ0) is 14.8. The van der Waals surface area contributed by atoms with Gasteiger partial charge in [0.15, 0.2) is 5.16 Å². The quantitative estimate of drug-likeness (QED) is 0.817. The highest BCUT2D eigenvalue weighted by Crippen LogP contribution is 2.24. The molecule has 0 spiro atoms. The van der Waals surface area contributed by atoms with Gasteiger partial charge in [-0.1, -0.05) is 0 Å². The number of aromatic nitrogens is 6. The molecule has 9 nitrogen and oxygen atoms in total. The fraction of sp³-hybridized carbons (Fsp3) is 0.545. The van der Waals surface area contributed by atoms with E-state index in [-0.39, 0.29) is 11.6 Å². The highest BCUT2D eigenvalue weighted by molar-refractivity contribution is 7.99. The molecule has 0 bridgehead atoms. The van der Waals surface area contributed by atoms with E-state index in [2.05, 4.69) is 30.0 Å². The van der Waals surface area contributed by atoms with Crippen molar-refractivity contribution >= 4 is 23.7 Å². The SMILES string of the molecule is CCn1c(Sc2nc(N)nc(N3CCCC3)n2)n[nH]c1=O. The molecular formula is C11H16N8OS. The van der Waals surface area contributed by atoms with Crippen molar-refractivity contribution in [1.82, 2.24) is 29.7 Å². The van der Waals surface area contributed by atoms with Crippen LogP contribution < -0.4 is 16.3 Å². The lowest BCUT2D eigenvalue weighted by atomic mass is 10.4. The Balaban J connectivity index is 1.89. The molecule has 0 amide bonds. The summed E-state index contributed by atoms with van der Waals surface area (Å²) < 4.78 is 1.51. The van der Waals surface area contributed by atoms with Crippen molar-refractivity contribution < 1.29 is 0 Å². The smallest absolute Gasteiger partial charge is 0.343 e. The monoisotopic (exact) mass is 308 g/mol. The van der Waals surface area contributed by atoms with Gasteiger partial charge in [-0.25, -0.2) is 9.89 Å². The summed E-state index contributed by atoms with van der Waals surface area (Å²) >= 11 is 1.20. The third-order valence-electron chi connectivity index (χ3n) is 3.23. The van der Waals surface area contributed by atoms with Crippen LogP contribution in [0.3, 0.4) is 0 Å². The van der Waals surface area contributed by atoms with Crippen molar-refractivity contribution in [1.29, 1.82) is 0 Å². The maximum atomic E-state index is 11.5. The second-order valence-corrected chi connectivity index (χ2v) is 5.56. The number of anilines is 2. The number of aromatic amines is 1. The van der Waals surface area contributed by atoms with Gasteiger partial charge < -0.3 is 10.6 Å². The van der Waals surface area contributed by atoms with Crippen molar-refractivity contribution in [2.24, 2.45) is 0 Å². The van der Waals surface area contributed by atoms with E-state index in [4.69, 9.17) is 5.73 Å². The van der Waals surface area contributed by atoms with Crippen LogP contribution >= 0.6 is 11.8 Å². The molecule has 0 radical (unpaired) electrons. The van der Waals surface area contributed by atoms with Crippen LogP contribution in [0.1, 0.15) is 19.8 Å². The van der Waals surface area contributed by atoms with Crippen LogP contribution in [0.4, 0.5) is 11.9 Å². The number of nitrogens with two attached hydrogens (primary N) is 1. The molecule has 1 saturated heterocycles. The molecule has 2 aromatic rings. The van der Waals surface area contributed by atoms with E-state index >= 15 is 0 Å². The number of nitrogens with one attached hydrogen (secondary N) is 1. The van der Waals surface area contributed by atoms with Crippen LogP contribution in [0.5, 0.6) is 0 Å². The topological polar surface area (TPSA) is 119 Å². The molecule has 3 heterocycles. The molecule has 1 fully saturated rings. The number of H-pyrrole nitrogens is 1. The van der Waals surface area contributed by atoms with E-state index in [9.17, 15) is 4.79 Å². The number of nitrogen functional groups attached to an aromatic ring is 1. The van der Waals surface area contributed by atoms with Crippen LogP contribution in [-0.4, -0.2) is 42.8 Å². The largest absolute Gasteiger partial charge is 0.368 e. The van der Waals surface area contributed by atoms with Gasteiger partial charge in [-0.15, -0.1) is 5.10 Å². The summed E-state index contributed by atoms with van der Waals surface area (Å²) in [6.45, 7) is 4.25. The van der Waals surface area contributed by atoms with Gasteiger partial charge in [0.25, 0.3) is 0 Å². The maximum Gasteiger partial charge on any atom is 0.343 e. The highest BCUT2D eigenvalue weighted by atomic mass is 32.2. The van der Waals surface area contributed by atoms with Crippen LogP contribution in [0.25, 0.3) is 0 Å². The molecule has 0 atom stereocenters. The van der Waals surface area contributed by atoms with E-state index in [1.165, 1.54) is 16.3 Å².